The first-order chi connectivity index (χ1) is 6.49. The molecule has 0 N–H and O–H groups in total. The van der Waals surface area contributed by atoms with Gasteiger partial charge in [-0.3, -0.25) is 0 Å². The van der Waals surface area contributed by atoms with Crippen molar-refractivity contribution in [2.45, 2.75) is 25.2 Å². The molecule has 0 radical (unpaired) electrons. The van der Waals surface area contributed by atoms with Crippen LogP contribution in [0.3, 0.4) is 0 Å². The minimum Gasteiger partial charge on any atom is -0.171 e. The van der Waals surface area contributed by atoms with Gasteiger partial charge in [-0.05, 0) is 6.04 Å². The Morgan fingerprint density at radius 3 is 2.21 bits per heavy atom. The lowest BCUT2D eigenvalue weighted by Gasteiger charge is -2.11. The molecule has 1 unspecified atom stereocenters. The zero-order valence-electron chi connectivity index (χ0n) is 8.01. The Kier molecular flexibility index (Phi) is 3.75. The zero-order chi connectivity index (χ0) is 10.6. The van der Waals surface area contributed by atoms with Crippen LogP contribution in [0.1, 0.15) is 6.42 Å². The maximum atomic E-state index is 12.0. The number of halogens is 3. The lowest BCUT2D eigenvalue weighted by atomic mass is 10.4. The Hall–Kier alpha value is -0.773. The average Bonchev–Trinajstić information content (AvgIpc) is 2.14. The predicted octanol–water partition coefficient (Wildman–Crippen LogP) is 2.70. The summed E-state index contributed by atoms with van der Waals surface area (Å²) in [5, 5.41) is 1.11. The van der Waals surface area contributed by atoms with E-state index in [1.807, 2.05) is 36.9 Å². The molecular formula is C10H13F3Si. The summed E-state index contributed by atoms with van der Waals surface area (Å²) in [5.41, 5.74) is 0. The molecule has 1 aromatic rings. The van der Waals surface area contributed by atoms with E-state index in [4.69, 9.17) is 0 Å². The summed E-state index contributed by atoms with van der Waals surface area (Å²) in [6, 6.07) is 9.79. The molecule has 1 aromatic carbocycles. The van der Waals surface area contributed by atoms with E-state index in [2.05, 4.69) is 0 Å². The van der Waals surface area contributed by atoms with E-state index in [-0.39, 0.29) is 0 Å². The summed E-state index contributed by atoms with van der Waals surface area (Å²) in [7, 11) is -1.38. The summed E-state index contributed by atoms with van der Waals surface area (Å²) in [4.78, 5) is 0. The van der Waals surface area contributed by atoms with Crippen molar-refractivity contribution in [3.05, 3.63) is 30.3 Å². The number of rotatable bonds is 3. The fraction of sp³-hybridized carbons (Fsp3) is 0.400. The third-order valence-electron chi connectivity index (χ3n) is 2.23. The first-order valence-electron chi connectivity index (χ1n) is 4.61. The van der Waals surface area contributed by atoms with Crippen LogP contribution in [0.2, 0.25) is 12.6 Å². The van der Waals surface area contributed by atoms with Crippen molar-refractivity contribution in [2.24, 2.45) is 0 Å². The number of benzene rings is 1. The molecule has 1 atom stereocenters. The van der Waals surface area contributed by atoms with Crippen LogP contribution in [0.15, 0.2) is 30.3 Å². The molecule has 0 bridgehead atoms. The fourth-order valence-corrected chi connectivity index (χ4v) is 3.30. The third-order valence-corrected chi connectivity index (χ3v) is 4.91. The normalized spacial score (nSPS) is 14.0. The lowest BCUT2D eigenvalue weighted by molar-refractivity contribution is -0.130. The Morgan fingerprint density at radius 1 is 1.14 bits per heavy atom. The average molecular weight is 218 g/mol. The molecule has 0 saturated carbocycles. The van der Waals surface area contributed by atoms with Crippen LogP contribution in [-0.2, 0) is 0 Å². The van der Waals surface area contributed by atoms with E-state index in [1.54, 1.807) is 0 Å². The monoisotopic (exact) mass is 218 g/mol. The predicted molar refractivity (Wildman–Crippen MR) is 54.6 cm³/mol. The highest BCUT2D eigenvalue weighted by Crippen LogP contribution is 2.22. The van der Waals surface area contributed by atoms with Gasteiger partial charge in [0.05, 0.1) is 8.80 Å². The summed E-state index contributed by atoms with van der Waals surface area (Å²) < 4.78 is 35.9. The van der Waals surface area contributed by atoms with Gasteiger partial charge in [0.15, 0.2) is 0 Å². The van der Waals surface area contributed by atoms with Crippen molar-refractivity contribution in [3.63, 3.8) is 0 Å². The van der Waals surface area contributed by atoms with Gasteiger partial charge in [0.25, 0.3) is 0 Å². The molecule has 0 fully saturated rings. The van der Waals surface area contributed by atoms with Crippen molar-refractivity contribution in [1.29, 1.82) is 0 Å². The van der Waals surface area contributed by atoms with Gasteiger partial charge in [-0.25, -0.2) is 0 Å². The maximum Gasteiger partial charge on any atom is 0.388 e. The number of hydrogen-bond acceptors (Lipinski definition) is 0. The molecule has 0 aromatic heterocycles. The van der Waals surface area contributed by atoms with Crippen LogP contribution >= 0.6 is 0 Å². The number of alkyl halides is 3. The quantitative estimate of drug-likeness (QED) is 0.684. The summed E-state index contributed by atoms with van der Waals surface area (Å²) in [6.07, 6.45) is -4.65. The number of hydrogen-bond donors (Lipinski definition) is 0. The van der Waals surface area contributed by atoms with Crippen LogP contribution in [-0.4, -0.2) is 15.0 Å². The molecule has 0 aliphatic rings. The largest absolute Gasteiger partial charge is 0.388 e. The Morgan fingerprint density at radius 2 is 1.71 bits per heavy atom. The lowest BCUT2D eigenvalue weighted by Crippen LogP contribution is -2.27. The highest BCUT2D eigenvalue weighted by Gasteiger charge is 2.27. The molecule has 0 aliphatic carbocycles. The second-order valence-corrected chi connectivity index (χ2v) is 6.51. The molecular weight excluding hydrogens is 205 g/mol. The molecule has 0 nitrogen and oxygen atoms in total. The molecule has 0 saturated heterocycles. The topological polar surface area (TPSA) is 0 Å². The van der Waals surface area contributed by atoms with Gasteiger partial charge < -0.3 is 0 Å². The minimum atomic E-state index is -4.00. The Labute approximate surface area is 83.4 Å². The molecule has 78 valence electrons. The van der Waals surface area contributed by atoms with Crippen molar-refractivity contribution in [3.8, 4) is 0 Å². The van der Waals surface area contributed by atoms with Crippen molar-refractivity contribution in [1.82, 2.24) is 0 Å². The van der Waals surface area contributed by atoms with Crippen molar-refractivity contribution < 1.29 is 13.2 Å². The van der Waals surface area contributed by atoms with Crippen molar-refractivity contribution in [2.75, 3.05) is 0 Å². The van der Waals surface area contributed by atoms with Crippen LogP contribution in [0.5, 0.6) is 0 Å². The van der Waals surface area contributed by atoms with Crippen LogP contribution < -0.4 is 5.19 Å². The smallest absolute Gasteiger partial charge is 0.171 e. The SMILES string of the molecule is C[SiH](CCC(F)(F)F)c1ccccc1. The van der Waals surface area contributed by atoms with E-state index < -0.39 is 21.4 Å². The molecule has 0 spiro atoms. The molecule has 0 amide bonds. The summed E-state index contributed by atoms with van der Waals surface area (Å²) in [6.45, 7) is 1.96. The second-order valence-electron chi connectivity index (χ2n) is 3.47. The molecule has 1 rings (SSSR count). The van der Waals surface area contributed by atoms with Gasteiger partial charge in [-0.1, -0.05) is 42.1 Å². The second kappa shape index (κ2) is 4.64. The zero-order valence-corrected chi connectivity index (χ0v) is 9.17. The van der Waals surface area contributed by atoms with Crippen LogP contribution in [0, 0.1) is 0 Å². The van der Waals surface area contributed by atoms with E-state index in [0.29, 0.717) is 6.04 Å². The fourth-order valence-electron chi connectivity index (χ4n) is 1.33. The third kappa shape index (κ3) is 3.96. The van der Waals surface area contributed by atoms with Crippen molar-refractivity contribution >= 4 is 14.0 Å². The van der Waals surface area contributed by atoms with Gasteiger partial charge in [0.2, 0.25) is 0 Å². The van der Waals surface area contributed by atoms with Gasteiger partial charge in [0, 0.05) is 6.42 Å². The highest BCUT2D eigenvalue weighted by molar-refractivity contribution is 6.71. The maximum absolute atomic E-state index is 12.0. The minimum absolute atomic E-state index is 0.299. The molecule has 4 heteroatoms. The van der Waals surface area contributed by atoms with Crippen LogP contribution in [0.4, 0.5) is 13.2 Å². The van der Waals surface area contributed by atoms with Gasteiger partial charge in [0.1, 0.15) is 0 Å². The summed E-state index contributed by atoms with van der Waals surface area (Å²) in [5.74, 6) is 0. The molecule has 0 aliphatic heterocycles. The van der Waals surface area contributed by atoms with Gasteiger partial charge in [-0.2, -0.15) is 13.2 Å². The first-order valence-corrected chi connectivity index (χ1v) is 7.15. The summed E-state index contributed by atoms with van der Waals surface area (Å²) >= 11 is 0. The van der Waals surface area contributed by atoms with E-state index in [9.17, 15) is 13.2 Å². The first kappa shape index (κ1) is 11.3. The van der Waals surface area contributed by atoms with E-state index in [1.165, 1.54) is 0 Å². The van der Waals surface area contributed by atoms with Gasteiger partial charge in [-0.15, -0.1) is 0 Å². The van der Waals surface area contributed by atoms with E-state index in [0.717, 1.165) is 5.19 Å². The standard InChI is InChI=1S/C10H13F3Si/c1-14(8-7-10(11,12)13)9-5-3-2-4-6-9/h2-6,14H,7-8H2,1H3. The molecule has 14 heavy (non-hydrogen) atoms. The van der Waals surface area contributed by atoms with Crippen LogP contribution in [0.25, 0.3) is 0 Å². The Bertz CT molecular complexity index is 268. The van der Waals surface area contributed by atoms with Gasteiger partial charge >= 0.3 is 6.18 Å². The highest BCUT2D eigenvalue weighted by atomic mass is 28.3. The van der Waals surface area contributed by atoms with E-state index >= 15 is 0 Å². The molecule has 0 heterocycles. The Balaban J connectivity index is 2.48.